The van der Waals surface area contributed by atoms with Crippen molar-refractivity contribution in [2.24, 2.45) is 0 Å². The predicted molar refractivity (Wildman–Crippen MR) is 58.4 cm³/mol. The number of aromatic nitrogens is 2. The van der Waals surface area contributed by atoms with Gasteiger partial charge in [-0.1, -0.05) is 6.92 Å². The molecule has 1 rings (SSSR count). The van der Waals surface area contributed by atoms with E-state index < -0.39 is 12.0 Å². The first-order chi connectivity index (χ1) is 7.63. The highest BCUT2D eigenvalue weighted by atomic mass is 19.1. The Labute approximate surface area is 93.5 Å². The van der Waals surface area contributed by atoms with E-state index in [2.05, 4.69) is 20.6 Å². The maximum atomic E-state index is 12.7. The predicted octanol–water partition coefficient (Wildman–Crippen LogP) is 0.942. The molecule has 0 bridgehead atoms. The van der Waals surface area contributed by atoms with E-state index in [1.165, 1.54) is 0 Å². The monoisotopic (exact) mass is 226 g/mol. The van der Waals surface area contributed by atoms with Gasteiger partial charge in [0.2, 0.25) is 11.9 Å². The van der Waals surface area contributed by atoms with Gasteiger partial charge in [0.1, 0.15) is 18.2 Å². The SMILES string of the molecule is CCCNC(=O)C(C)Nc1cc(F)ncn1. The Balaban J connectivity index is 2.50. The quantitative estimate of drug-likeness (QED) is 0.733. The number of carbonyl (C=O) groups is 1. The zero-order valence-corrected chi connectivity index (χ0v) is 9.33. The normalized spacial score (nSPS) is 11.9. The molecule has 1 atom stereocenters. The zero-order chi connectivity index (χ0) is 12.0. The van der Waals surface area contributed by atoms with E-state index in [4.69, 9.17) is 0 Å². The largest absolute Gasteiger partial charge is 0.358 e. The summed E-state index contributed by atoms with van der Waals surface area (Å²) in [6, 6.07) is 0.685. The molecular weight excluding hydrogens is 211 g/mol. The van der Waals surface area contributed by atoms with Crippen molar-refractivity contribution in [1.29, 1.82) is 0 Å². The standard InChI is InChI=1S/C10H15FN4O/c1-3-4-12-10(16)7(2)15-9-5-8(11)13-6-14-9/h5-7H,3-4H2,1-2H3,(H,12,16)(H,13,14,15). The Morgan fingerprint density at radius 1 is 1.56 bits per heavy atom. The van der Waals surface area contributed by atoms with Crippen LogP contribution in [-0.4, -0.2) is 28.5 Å². The summed E-state index contributed by atoms with van der Waals surface area (Å²) in [5, 5.41) is 5.52. The van der Waals surface area contributed by atoms with Crippen molar-refractivity contribution >= 4 is 11.7 Å². The second-order valence-electron chi connectivity index (χ2n) is 3.38. The highest BCUT2D eigenvalue weighted by molar-refractivity contribution is 5.83. The summed E-state index contributed by atoms with van der Waals surface area (Å²) in [6.45, 7) is 4.28. The van der Waals surface area contributed by atoms with E-state index in [0.717, 1.165) is 18.8 Å². The molecule has 6 heteroatoms. The third-order valence-corrected chi connectivity index (χ3v) is 1.94. The van der Waals surface area contributed by atoms with Crippen LogP contribution in [0.15, 0.2) is 12.4 Å². The number of halogens is 1. The van der Waals surface area contributed by atoms with Crippen LogP contribution in [0.4, 0.5) is 10.2 Å². The first-order valence-electron chi connectivity index (χ1n) is 5.15. The van der Waals surface area contributed by atoms with Gasteiger partial charge in [-0.05, 0) is 13.3 Å². The smallest absolute Gasteiger partial charge is 0.242 e. The van der Waals surface area contributed by atoms with E-state index >= 15 is 0 Å². The van der Waals surface area contributed by atoms with Crippen LogP contribution in [0.25, 0.3) is 0 Å². The number of anilines is 1. The average Bonchev–Trinajstić information content (AvgIpc) is 2.25. The molecule has 1 amide bonds. The van der Waals surface area contributed by atoms with Gasteiger partial charge in [-0.3, -0.25) is 4.79 Å². The van der Waals surface area contributed by atoms with Crippen LogP contribution in [0.1, 0.15) is 20.3 Å². The highest BCUT2D eigenvalue weighted by Crippen LogP contribution is 2.04. The second kappa shape index (κ2) is 5.99. The third kappa shape index (κ3) is 3.80. The number of carbonyl (C=O) groups excluding carboxylic acids is 1. The maximum Gasteiger partial charge on any atom is 0.242 e. The van der Waals surface area contributed by atoms with Gasteiger partial charge in [-0.2, -0.15) is 4.39 Å². The summed E-state index contributed by atoms with van der Waals surface area (Å²) in [5.41, 5.74) is 0. The van der Waals surface area contributed by atoms with Crippen LogP contribution < -0.4 is 10.6 Å². The molecule has 0 aliphatic rings. The minimum Gasteiger partial charge on any atom is -0.358 e. The Morgan fingerprint density at radius 3 is 2.94 bits per heavy atom. The van der Waals surface area contributed by atoms with E-state index in [9.17, 15) is 9.18 Å². The van der Waals surface area contributed by atoms with Gasteiger partial charge >= 0.3 is 0 Å². The first kappa shape index (κ1) is 12.4. The van der Waals surface area contributed by atoms with Crippen molar-refractivity contribution in [3.63, 3.8) is 0 Å². The number of nitrogens with one attached hydrogen (secondary N) is 2. The van der Waals surface area contributed by atoms with Crippen LogP contribution in [0.2, 0.25) is 0 Å². The van der Waals surface area contributed by atoms with Crippen LogP contribution in [-0.2, 0) is 4.79 Å². The van der Waals surface area contributed by atoms with Crippen molar-refractivity contribution in [2.75, 3.05) is 11.9 Å². The lowest BCUT2D eigenvalue weighted by Crippen LogP contribution is -2.38. The fourth-order valence-electron chi connectivity index (χ4n) is 1.10. The Hall–Kier alpha value is -1.72. The van der Waals surface area contributed by atoms with Crippen LogP contribution in [0.5, 0.6) is 0 Å². The molecule has 1 aromatic rings. The van der Waals surface area contributed by atoms with Crippen molar-refractivity contribution in [2.45, 2.75) is 26.3 Å². The minimum atomic E-state index is -0.626. The number of hydrogen-bond donors (Lipinski definition) is 2. The molecule has 5 nitrogen and oxygen atoms in total. The number of hydrogen-bond acceptors (Lipinski definition) is 4. The van der Waals surface area contributed by atoms with Crippen LogP contribution in [0.3, 0.4) is 0 Å². The molecule has 0 fully saturated rings. The molecule has 16 heavy (non-hydrogen) atoms. The molecule has 0 saturated carbocycles. The minimum absolute atomic E-state index is 0.138. The second-order valence-corrected chi connectivity index (χ2v) is 3.38. The summed E-state index contributed by atoms with van der Waals surface area (Å²) in [7, 11) is 0. The van der Waals surface area contributed by atoms with Gasteiger partial charge < -0.3 is 10.6 Å². The molecule has 2 N–H and O–H groups in total. The third-order valence-electron chi connectivity index (χ3n) is 1.94. The molecule has 1 aromatic heterocycles. The Morgan fingerprint density at radius 2 is 2.31 bits per heavy atom. The Kier molecular flexibility index (Phi) is 4.63. The summed E-state index contributed by atoms with van der Waals surface area (Å²) in [6.07, 6.45) is 1.98. The summed E-state index contributed by atoms with van der Waals surface area (Å²) >= 11 is 0. The molecule has 1 unspecified atom stereocenters. The molecule has 0 saturated heterocycles. The van der Waals surface area contributed by atoms with Gasteiger partial charge in [-0.25, -0.2) is 9.97 Å². The van der Waals surface area contributed by atoms with Crippen molar-refractivity contribution in [3.05, 3.63) is 18.3 Å². The van der Waals surface area contributed by atoms with Crippen molar-refractivity contribution < 1.29 is 9.18 Å². The average molecular weight is 226 g/mol. The Bertz CT molecular complexity index is 358. The number of amides is 1. The lowest BCUT2D eigenvalue weighted by Gasteiger charge is -2.13. The lowest BCUT2D eigenvalue weighted by molar-refractivity contribution is -0.121. The number of nitrogens with zero attached hydrogens (tertiary/aromatic N) is 2. The molecule has 0 radical (unpaired) electrons. The zero-order valence-electron chi connectivity index (χ0n) is 9.33. The fraction of sp³-hybridized carbons (Fsp3) is 0.500. The summed E-state index contributed by atoms with van der Waals surface area (Å²) in [4.78, 5) is 18.6. The van der Waals surface area contributed by atoms with Gasteiger partial charge in [0.05, 0.1) is 0 Å². The molecular formula is C10H15FN4O. The van der Waals surface area contributed by atoms with Gasteiger partial charge in [0, 0.05) is 12.6 Å². The lowest BCUT2D eigenvalue weighted by atomic mass is 10.3. The number of rotatable bonds is 5. The topological polar surface area (TPSA) is 66.9 Å². The fourth-order valence-corrected chi connectivity index (χ4v) is 1.10. The van der Waals surface area contributed by atoms with Crippen LogP contribution >= 0.6 is 0 Å². The van der Waals surface area contributed by atoms with E-state index in [-0.39, 0.29) is 5.91 Å². The molecule has 0 aliphatic heterocycles. The maximum absolute atomic E-state index is 12.7. The van der Waals surface area contributed by atoms with Crippen LogP contribution in [0, 0.1) is 5.95 Å². The molecule has 0 aromatic carbocycles. The molecule has 0 aliphatic carbocycles. The molecule has 0 spiro atoms. The van der Waals surface area contributed by atoms with Gasteiger partial charge in [0.25, 0.3) is 0 Å². The highest BCUT2D eigenvalue weighted by Gasteiger charge is 2.12. The first-order valence-corrected chi connectivity index (χ1v) is 5.15. The van der Waals surface area contributed by atoms with Crippen molar-refractivity contribution in [1.82, 2.24) is 15.3 Å². The van der Waals surface area contributed by atoms with E-state index in [0.29, 0.717) is 12.4 Å². The molecule has 88 valence electrons. The van der Waals surface area contributed by atoms with Gasteiger partial charge in [-0.15, -0.1) is 0 Å². The van der Waals surface area contributed by atoms with E-state index in [1.54, 1.807) is 6.92 Å². The summed E-state index contributed by atoms with van der Waals surface area (Å²) < 4.78 is 12.7. The van der Waals surface area contributed by atoms with Crippen molar-refractivity contribution in [3.8, 4) is 0 Å². The summed E-state index contributed by atoms with van der Waals surface area (Å²) in [5.74, 6) is -0.466. The van der Waals surface area contributed by atoms with Gasteiger partial charge in [0.15, 0.2) is 0 Å². The molecule has 1 heterocycles. The van der Waals surface area contributed by atoms with E-state index in [1.807, 2.05) is 6.92 Å².